The summed E-state index contributed by atoms with van der Waals surface area (Å²) in [6.07, 6.45) is 0. The molecule has 0 N–H and O–H groups in total. The molecule has 0 aromatic heterocycles. The zero-order valence-corrected chi connectivity index (χ0v) is 11.0. The van der Waals surface area contributed by atoms with Gasteiger partial charge in [0.1, 0.15) is 18.2 Å². The van der Waals surface area contributed by atoms with Crippen LogP contribution in [0.25, 0.3) is 0 Å². The molecule has 0 aliphatic rings. The Morgan fingerprint density at radius 3 is 2.79 bits per heavy atom. The minimum Gasteiger partial charge on any atom is -0.488 e. The van der Waals surface area contributed by atoms with Crippen LogP contribution in [0.15, 0.2) is 36.4 Å². The van der Waals surface area contributed by atoms with E-state index < -0.39 is 5.82 Å². The van der Waals surface area contributed by atoms with Gasteiger partial charge in [0.2, 0.25) is 0 Å². The first-order valence-corrected chi connectivity index (χ1v) is 6.06. The standard InChI is InChI=1S/C15H11ClFNO/c1-10-5-6-11(8-18)7-15(10)19-9-12-13(16)3-2-4-14(12)17/h2-7H,9H2,1H3. The van der Waals surface area contributed by atoms with Crippen molar-refractivity contribution in [2.24, 2.45) is 0 Å². The average Bonchev–Trinajstić information content (AvgIpc) is 2.40. The number of hydrogen-bond donors (Lipinski definition) is 0. The van der Waals surface area contributed by atoms with Crippen molar-refractivity contribution in [1.82, 2.24) is 0 Å². The monoisotopic (exact) mass is 275 g/mol. The summed E-state index contributed by atoms with van der Waals surface area (Å²) in [4.78, 5) is 0. The first-order chi connectivity index (χ1) is 9.11. The second kappa shape index (κ2) is 5.73. The largest absolute Gasteiger partial charge is 0.488 e. The van der Waals surface area contributed by atoms with Crippen LogP contribution in [0.2, 0.25) is 5.02 Å². The minimum absolute atomic E-state index is 0.0290. The SMILES string of the molecule is Cc1ccc(C#N)cc1OCc1c(F)cccc1Cl. The van der Waals surface area contributed by atoms with Gasteiger partial charge in [-0.1, -0.05) is 23.7 Å². The number of nitriles is 1. The zero-order chi connectivity index (χ0) is 13.8. The van der Waals surface area contributed by atoms with Gasteiger partial charge in [-0.15, -0.1) is 0 Å². The lowest BCUT2D eigenvalue weighted by Gasteiger charge is -2.11. The second-order valence-corrected chi connectivity index (χ2v) is 4.49. The Bertz CT molecular complexity index is 629. The molecule has 0 spiro atoms. The van der Waals surface area contributed by atoms with Crippen LogP contribution in [0.3, 0.4) is 0 Å². The highest BCUT2D eigenvalue weighted by Crippen LogP contribution is 2.24. The van der Waals surface area contributed by atoms with Crippen molar-refractivity contribution in [2.45, 2.75) is 13.5 Å². The van der Waals surface area contributed by atoms with E-state index in [-0.39, 0.29) is 6.61 Å². The topological polar surface area (TPSA) is 33.0 Å². The van der Waals surface area contributed by atoms with Gasteiger partial charge < -0.3 is 4.74 Å². The second-order valence-electron chi connectivity index (χ2n) is 4.08. The van der Waals surface area contributed by atoms with E-state index in [0.29, 0.717) is 21.9 Å². The molecule has 0 aliphatic carbocycles. The highest BCUT2D eigenvalue weighted by atomic mass is 35.5. The molecule has 19 heavy (non-hydrogen) atoms. The molecule has 2 rings (SSSR count). The van der Waals surface area contributed by atoms with E-state index in [0.717, 1.165) is 5.56 Å². The maximum atomic E-state index is 13.6. The maximum absolute atomic E-state index is 13.6. The summed E-state index contributed by atoms with van der Waals surface area (Å²) in [5, 5.41) is 9.17. The van der Waals surface area contributed by atoms with Gasteiger partial charge in [-0.05, 0) is 36.8 Å². The van der Waals surface area contributed by atoms with Gasteiger partial charge in [0.25, 0.3) is 0 Å². The number of benzene rings is 2. The van der Waals surface area contributed by atoms with Crippen molar-refractivity contribution in [2.75, 3.05) is 0 Å². The van der Waals surface area contributed by atoms with Crippen molar-refractivity contribution < 1.29 is 9.13 Å². The van der Waals surface area contributed by atoms with E-state index in [2.05, 4.69) is 0 Å². The number of aryl methyl sites for hydroxylation is 1. The maximum Gasteiger partial charge on any atom is 0.131 e. The van der Waals surface area contributed by atoms with Crippen LogP contribution in [0.5, 0.6) is 5.75 Å². The van der Waals surface area contributed by atoms with E-state index >= 15 is 0 Å². The molecular formula is C15H11ClFNO. The lowest BCUT2D eigenvalue weighted by molar-refractivity contribution is 0.298. The molecule has 0 atom stereocenters. The molecule has 0 heterocycles. The predicted molar refractivity (Wildman–Crippen MR) is 71.6 cm³/mol. The van der Waals surface area contributed by atoms with Crippen molar-refractivity contribution in [1.29, 1.82) is 5.26 Å². The fourth-order valence-corrected chi connectivity index (χ4v) is 1.86. The molecular weight excluding hydrogens is 265 g/mol. The van der Waals surface area contributed by atoms with E-state index in [1.807, 2.05) is 13.0 Å². The fourth-order valence-electron chi connectivity index (χ4n) is 1.65. The summed E-state index contributed by atoms with van der Waals surface area (Å²) < 4.78 is 19.1. The summed E-state index contributed by atoms with van der Waals surface area (Å²) in [5.41, 5.74) is 1.69. The van der Waals surface area contributed by atoms with Crippen LogP contribution in [0.1, 0.15) is 16.7 Å². The minimum atomic E-state index is -0.401. The van der Waals surface area contributed by atoms with Gasteiger partial charge >= 0.3 is 0 Å². The Balaban J connectivity index is 2.22. The molecule has 0 aliphatic heterocycles. The van der Waals surface area contributed by atoms with Gasteiger partial charge in [-0.2, -0.15) is 5.26 Å². The number of halogens is 2. The third-order valence-corrected chi connectivity index (χ3v) is 3.11. The lowest BCUT2D eigenvalue weighted by Crippen LogP contribution is -2.01. The Morgan fingerprint density at radius 2 is 2.11 bits per heavy atom. The Morgan fingerprint density at radius 1 is 1.32 bits per heavy atom. The molecule has 0 saturated heterocycles. The first-order valence-electron chi connectivity index (χ1n) is 5.68. The summed E-state index contributed by atoms with van der Waals surface area (Å²) in [6.45, 7) is 1.89. The molecule has 2 aromatic rings. The first kappa shape index (κ1) is 13.4. The van der Waals surface area contributed by atoms with Gasteiger partial charge in [-0.25, -0.2) is 4.39 Å². The Kier molecular flexibility index (Phi) is 4.03. The highest BCUT2D eigenvalue weighted by Gasteiger charge is 2.09. The number of nitrogens with zero attached hydrogens (tertiary/aromatic N) is 1. The van der Waals surface area contributed by atoms with Gasteiger partial charge in [0.05, 0.1) is 16.7 Å². The molecule has 2 nitrogen and oxygen atoms in total. The number of ether oxygens (including phenoxy) is 1. The third-order valence-electron chi connectivity index (χ3n) is 2.75. The molecule has 4 heteroatoms. The molecule has 0 fully saturated rings. The van der Waals surface area contributed by atoms with E-state index in [1.54, 1.807) is 30.3 Å². The molecule has 0 unspecified atom stereocenters. The van der Waals surface area contributed by atoms with E-state index in [9.17, 15) is 4.39 Å². The Hall–Kier alpha value is -2.05. The number of hydrogen-bond acceptors (Lipinski definition) is 2. The van der Waals surface area contributed by atoms with Crippen molar-refractivity contribution in [3.63, 3.8) is 0 Å². The summed E-state index contributed by atoms with van der Waals surface area (Å²) in [7, 11) is 0. The third kappa shape index (κ3) is 3.04. The van der Waals surface area contributed by atoms with Crippen LogP contribution in [0, 0.1) is 24.1 Å². The lowest BCUT2D eigenvalue weighted by atomic mass is 10.1. The molecule has 96 valence electrons. The molecule has 2 aromatic carbocycles. The highest BCUT2D eigenvalue weighted by molar-refractivity contribution is 6.31. The zero-order valence-electron chi connectivity index (χ0n) is 10.3. The van der Waals surface area contributed by atoms with Crippen LogP contribution >= 0.6 is 11.6 Å². The van der Waals surface area contributed by atoms with Crippen LogP contribution in [0.4, 0.5) is 4.39 Å². The van der Waals surface area contributed by atoms with Crippen LogP contribution < -0.4 is 4.74 Å². The molecule has 0 radical (unpaired) electrons. The average molecular weight is 276 g/mol. The van der Waals surface area contributed by atoms with Gasteiger partial charge in [0.15, 0.2) is 0 Å². The van der Waals surface area contributed by atoms with Gasteiger partial charge in [-0.3, -0.25) is 0 Å². The summed E-state index contributed by atoms with van der Waals surface area (Å²) in [5.74, 6) is 0.153. The number of rotatable bonds is 3. The van der Waals surface area contributed by atoms with Crippen molar-refractivity contribution in [3.05, 3.63) is 63.9 Å². The van der Waals surface area contributed by atoms with E-state index in [1.165, 1.54) is 6.07 Å². The smallest absolute Gasteiger partial charge is 0.131 e. The van der Waals surface area contributed by atoms with Crippen molar-refractivity contribution >= 4 is 11.6 Å². The molecule has 0 amide bonds. The molecule has 0 bridgehead atoms. The van der Waals surface area contributed by atoms with Crippen molar-refractivity contribution in [3.8, 4) is 11.8 Å². The Labute approximate surface area is 116 Å². The predicted octanol–water partition coefficient (Wildman–Crippen LogP) is 4.24. The fraction of sp³-hybridized carbons (Fsp3) is 0.133. The van der Waals surface area contributed by atoms with Crippen LogP contribution in [-0.2, 0) is 6.61 Å². The van der Waals surface area contributed by atoms with Crippen LogP contribution in [-0.4, -0.2) is 0 Å². The summed E-state index contributed by atoms with van der Waals surface area (Å²) >= 11 is 5.92. The molecule has 0 saturated carbocycles. The van der Waals surface area contributed by atoms with E-state index in [4.69, 9.17) is 21.6 Å². The van der Waals surface area contributed by atoms with Gasteiger partial charge in [0, 0.05) is 5.56 Å². The quantitative estimate of drug-likeness (QED) is 0.839. The normalized spacial score (nSPS) is 10.0. The summed E-state index contributed by atoms with van der Waals surface area (Å²) in [6, 6.07) is 11.7.